The first kappa shape index (κ1) is 10.6. The number of fused-ring (bicyclic) bond motifs is 3. The number of benzene rings is 1. The minimum Gasteiger partial charge on any atom is -0.316 e. The summed E-state index contributed by atoms with van der Waals surface area (Å²) >= 11 is 6.14. The summed E-state index contributed by atoms with van der Waals surface area (Å²) in [6.45, 7) is 0.821. The Bertz CT molecular complexity index is 695. The van der Waals surface area contributed by atoms with Crippen LogP contribution >= 0.6 is 11.6 Å². The number of nitrogens with one attached hydrogen (secondary N) is 1. The molecule has 0 unspecified atom stereocenters. The molecule has 0 radical (unpaired) electrons. The Morgan fingerprint density at radius 2 is 2.24 bits per heavy atom. The highest BCUT2D eigenvalue weighted by Crippen LogP contribution is 2.24. The highest BCUT2D eigenvalue weighted by Gasteiger charge is 2.12. The largest absolute Gasteiger partial charge is 0.316 e. The molecule has 2 aromatic heterocycles. The number of para-hydroxylation sites is 1. The molecular weight excluding hydrogens is 236 g/mol. The van der Waals surface area contributed by atoms with Crippen molar-refractivity contribution in [3.63, 3.8) is 0 Å². The van der Waals surface area contributed by atoms with Gasteiger partial charge in [0.15, 0.2) is 0 Å². The minimum atomic E-state index is 0.696. The minimum absolute atomic E-state index is 0.696. The molecule has 88 valence electrons. The molecule has 0 fully saturated rings. The van der Waals surface area contributed by atoms with Crippen molar-refractivity contribution in [1.82, 2.24) is 19.3 Å². The Labute approximate surface area is 104 Å². The van der Waals surface area contributed by atoms with Gasteiger partial charge in [-0.15, -0.1) is 0 Å². The summed E-state index contributed by atoms with van der Waals surface area (Å²) in [5.74, 6) is 0.915. The van der Waals surface area contributed by atoms with Crippen LogP contribution in [-0.4, -0.2) is 21.0 Å². The molecule has 3 aromatic rings. The molecular formula is C12H13ClN4. The molecule has 2 heterocycles. The van der Waals surface area contributed by atoms with Gasteiger partial charge in [-0.2, -0.15) is 0 Å². The van der Waals surface area contributed by atoms with E-state index in [1.165, 1.54) is 5.69 Å². The van der Waals surface area contributed by atoms with Crippen molar-refractivity contribution in [2.24, 2.45) is 7.05 Å². The number of aromatic nitrogens is 3. The summed E-state index contributed by atoms with van der Waals surface area (Å²) in [6, 6.07) is 5.85. The lowest BCUT2D eigenvalue weighted by molar-refractivity contribution is 0.742. The fourth-order valence-electron chi connectivity index (χ4n) is 2.14. The van der Waals surface area contributed by atoms with Crippen LogP contribution in [0, 0.1) is 0 Å². The Morgan fingerprint density at radius 3 is 3.00 bits per heavy atom. The molecule has 0 atom stereocenters. The molecule has 5 heteroatoms. The third kappa shape index (κ3) is 1.45. The van der Waals surface area contributed by atoms with E-state index in [1.807, 2.05) is 32.3 Å². The van der Waals surface area contributed by atoms with E-state index in [4.69, 9.17) is 11.6 Å². The fourth-order valence-corrected chi connectivity index (χ4v) is 2.36. The summed E-state index contributed by atoms with van der Waals surface area (Å²) in [4.78, 5) is 4.58. The first-order chi connectivity index (χ1) is 8.22. The van der Waals surface area contributed by atoms with Gasteiger partial charge in [-0.25, -0.2) is 4.98 Å². The van der Waals surface area contributed by atoms with Gasteiger partial charge in [0.25, 0.3) is 0 Å². The van der Waals surface area contributed by atoms with E-state index in [9.17, 15) is 0 Å². The maximum absolute atomic E-state index is 6.14. The lowest BCUT2D eigenvalue weighted by Crippen LogP contribution is -2.08. The average molecular weight is 249 g/mol. The lowest BCUT2D eigenvalue weighted by Gasteiger charge is -1.99. The zero-order chi connectivity index (χ0) is 12.0. The van der Waals surface area contributed by atoms with E-state index in [-0.39, 0.29) is 0 Å². The van der Waals surface area contributed by atoms with Crippen LogP contribution in [0.1, 0.15) is 5.69 Å². The van der Waals surface area contributed by atoms with Crippen LogP contribution in [0.4, 0.5) is 0 Å². The molecule has 0 aliphatic carbocycles. The standard InChI is InChI=1S/C12H13ClN4/c1-14-6-8-7-17-10-5-3-4-9(13)11(10)15-12(17)16(8)2/h3-5,7,14H,6H2,1-2H3. The SMILES string of the molecule is CNCc1cn2c3cccc(Cl)c3nc2n1C. The highest BCUT2D eigenvalue weighted by atomic mass is 35.5. The molecule has 4 nitrogen and oxygen atoms in total. The van der Waals surface area contributed by atoms with E-state index in [0.29, 0.717) is 5.02 Å². The molecule has 0 spiro atoms. The van der Waals surface area contributed by atoms with Crippen LogP contribution in [0.3, 0.4) is 0 Å². The summed E-state index contributed by atoms with van der Waals surface area (Å²) in [5.41, 5.74) is 3.10. The van der Waals surface area contributed by atoms with Crippen molar-refractivity contribution in [2.75, 3.05) is 7.05 Å². The Hall–Kier alpha value is -1.52. The van der Waals surface area contributed by atoms with Gasteiger partial charge in [0.2, 0.25) is 5.78 Å². The third-order valence-corrected chi connectivity index (χ3v) is 3.32. The smallest absolute Gasteiger partial charge is 0.215 e. The van der Waals surface area contributed by atoms with E-state index in [1.54, 1.807) is 0 Å². The second-order valence-corrected chi connectivity index (χ2v) is 4.51. The topological polar surface area (TPSA) is 34.3 Å². The maximum atomic E-state index is 6.14. The Balaban J connectivity index is 2.37. The molecule has 0 saturated carbocycles. The van der Waals surface area contributed by atoms with Crippen molar-refractivity contribution >= 4 is 28.4 Å². The van der Waals surface area contributed by atoms with Crippen LogP contribution in [0.2, 0.25) is 5.02 Å². The normalized spacial score (nSPS) is 11.7. The second-order valence-electron chi connectivity index (χ2n) is 4.10. The molecule has 0 amide bonds. The molecule has 0 aliphatic heterocycles. The predicted octanol–water partition coefficient (Wildman–Crippen LogP) is 2.20. The van der Waals surface area contributed by atoms with Gasteiger partial charge < -0.3 is 9.88 Å². The van der Waals surface area contributed by atoms with Gasteiger partial charge in [0, 0.05) is 19.8 Å². The molecule has 1 aromatic carbocycles. The van der Waals surface area contributed by atoms with E-state index < -0.39 is 0 Å². The predicted molar refractivity (Wildman–Crippen MR) is 69.4 cm³/mol. The number of hydrogen-bond donors (Lipinski definition) is 1. The highest BCUT2D eigenvalue weighted by molar-refractivity contribution is 6.35. The molecule has 0 saturated heterocycles. The fraction of sp³-hybridized carbons (Fsp3) is 0.250. The Kier molecular flexibility index (Phi) is 2.34. The van der Waals surface area contributed by atoms with Gasteiger partial charge in [-0.1, -0.05) is 17.7 Å². The number of aryl methyl sites for hydroxylation is 1. The number of nitrogens with zero attached hydrogens (tertiary/aromatic N) is 3. The van der Waals surface area contributed by atoms with Crippen LogP contribution in [0.15, 0.2) is 24.4 Å². The second kappa shape index (κ2) is 3.75. The third-order valence-electron chi connectivity index (χ3n) is 3.02. The van der Waals surface area contributed by atoms with Crippen LogP contribution < -0.4 is 5.32 Å². The zero-order valence-corrected chi connectivity index (χ0v) is 10.5. The summed E-state index contributed by atoms with van der Waals surface area (Å²) in [6.07, 6.45) is 2.09. The summed E-state index contributed by atoms with van der Waals surface area (Å²) < 4.78 is 4.15. The monoisotopic (exact) mass is 248 g/mol. The number of rotatable bonds is 2. The molecule has 3 rings (SSSR count). The number of imidazole rings is 2. The van der Waals surface area contributed by atoms with E-state index >= 15 is 0 Å². The molecule has 1 N–H and O–H groups in total. The summed E-state index contributed by atoms with van der Waals surface area (Å²) in [5, 5.41) is 3.84. The van der Waals surface area contributed by atoms with Crippen LogP contribution in [0.25, 0.3) is 16.8 Å². The molecule has 0 aliphatic rings. The van der Waals surface area contributed by atoms with Gasteiger partial charge in [-0.3, -0.25) is 4.40 Å². The number of hydrogen-bond acceptors (Lipinski definition) is 2. The van der Waals surface area contributed by atoms with Gasteiger partial charge in [0.05, 0.1) is 16.2 Å². The van der Waals surface area contributed by atoms with Crippen LogP contribution in [-0.2, 0) is 13.6 Å². The first-order valence-electron chi connectivity index (χ1n) is 5.48. The average Bonchev–Trinajstić information content (AvgIpc) is 2.81. The van der Waals surface area contributed by atoms with Gasteiger partial charge in [-0.05, 0) is 19.2 Å². The maximum Gasteiger partial charge on any atom is 0.215 e. The Morgan fingerprint density at radius 1 is 1.41 bits per heavy atom. The molecule has 0 bridgehead atoms. The molecule has 17 heavy (non-hydrogen) atoms. The van der Waals surface area contributed by atoms with Crippen LogP contribution in [0.5, 0.6) is 0 Å². The summed E-state index contributed by atoms with van der Waals surface area (Å²) in [7, 11) is 3.95. The number of halogens is 1. The quantitative estimate of drug-likeness (QED) is 0.755. The van der Waals surface area contributed by atoms with E-state index in [0.717, 1.165) is 23.4 Å². The van der Waals surface area contributed by atoms with Crippen molar-refractivity contribution in [1.29, 1.82) is 0 Å². The van der Waals surface area contributed by atoms with Crippen molar-refractivity contribution in [3.8, 4) is 0 Å². The van der Waals surface area contributed by atoms with Crippen molar-refractivity contribution < 1.29 is 0 Å². The first-order valence-corrected chi connectivity index (χ1v) is 5.85. The van der Waals surface area contributed by atoms with Crippen molar-refractivity contribution in [3.05, 3.63) is 35.1 Å². The van der Waals surface area contributed by atoms with Crippen molar-refractivity contribution in [2.45, 2.75) is 6.54 Å². The van der Waals surface area contributed by atoms with Gasteiger partial charge in [0.1, 0.15) is 5.52 Å². The zero-order valence-electron chi connectivity index (χ0n) is 9.74. The van der Waals surface area contributed by atoms with E-state index in [2.05, 4.69) is 25.5 Å². The lowest BCUT2D eigenvalue weighted by atomic mass is 10.3. The van der Waals surface area contributed by atoms with Gasteiger partial charge >= 0.3 is 0 Å².